The van der Waals surface area contributed by atoms with Gasteiger partial charge in [0.25, 0.3) is 0 Å². The smallest absolute Gasteiger partial charge is 0.211 e. The number of hydrogen-bond donors (Lipinski definition) is 2. The quantitative estimate of drug-likeness (QED) is 0.577. The number of hydrogen-bond acceptors (Lipinski definition) is 3. The molecule has 0 spiro atoms. The van der Waals surface area contributed by atoms with Crippen LogP contribution in [0.15, 0.2) is 4.99 Å². The molecule has 0 aromatic rings. The van der Waals surface area contributed by atoms with Gasteiger partial charge in [-0.05, 0) is 39.5 Å². The topological polar surface area (TPSA) is 73.8 Å². The Morgan fingerprint density at radius 2 is 1.95 bits per heavy atom. The van der Waals surface area contributed by atoms with Crippen molar-refractivity contribution in [3.8, 4) is 0 Å². The predicted molar refractivity (Wildman–Crippen MR) is 83.4 cm³/mol. The fourth-order valence-electron chi connectivity index (χ4n) is 2.24. The molecule has 1 aliphatic rings. The normalized spacial score (nSPS) is 19.4. The monoisotopic (exact) mass is 304 g/mol. The lowest BCUT2D eigenvalue weighted by Crippen LogP contribution is -2.42. The van der Waals surface area contributed by atoms with Gasteiger partial charge in [-0.15, -0.1) is 0 Å². The van der Waals surface area contributed by atoms with Crippen LogP contribution < -0.4 is 10.6 Å². The van der Waals surface area contributed by atoms with Crippen LogP contribution in [0.2, 0.25) is 0 Å². The highest BCUT2D eigenvalue weighted by molar-refractivity contribution is 7.88. The molecule has 0 atom stereocenters. The van der Waals surface area contributed by atoms with Crippen molar-refractivity contribution in [3.05, 3.63) is 0 Å². The molecule has 1 fully saturated rings. The third-order valence-corrected chi connectivity index (χ3v) is 4.62. The first-order chi connectivity index (χ1) is 9.32. The number of nitrogens with zero attached hydrogens (tertiary/aromatic N) is 2. The second kappa shape index (κ2) is 7.83. The number of guanidine groups is 1. The Hall–Kier alpha value is -0.820. The SMILES string of the molecule is CCNC(=NCC1CCN(S(C)(=O)=O)CC1)NC(C)C. The van der Waals surface area contributed by atoms with E-state index in [9.17, 15) is 8.42 Å². The van der Waals surface area contributed by atoms with Crippen molar-refractivity contribution in [2.75, 3.05) is 32.4 Å². The zero-order valence-corrected chi connectivity index (χ0v) is 13.8. The van der Waals surface area contributed by atoms with Crippen LogP contribution in [0.5, 0.6) is 0 Å². The van der Waals surface area contributed by atoms with Crippen LogP contribution in [0.1, 0.15) is 33.6 Å². The van der Waals surface area contributed by atoms with Crippen LogP contribution in [0, 0.1) is 5.92 Å². The Labute approximate surface area is 123 Å². The summed E-state index contributed by atoms with van der Waals surface area (Å²) in [7, 11) is -3.03. The summed E-state index contributed by atoms with van der Waals surface area (Å²) in [5.41, 5.74) is 0. The summed E-state index contributed by atoms with van der Waals surface area (Å²) in [4.78, 5) is 4.59. The van der Waals surface area contributed by atoms with E-state index in [1.54, 1.807) is 4.31 Å². The van der Waals surface area contributed by atoms with E-state index in [-0.39, 0.29) is 0 Å². The fraction of sp³-hybridized carbons (Fsp3) is 0.923. The second-order valence-electron chi connectivity index (χ2n) is 5.62. The van der Waals surface area contributed by atoms with Gasteiger partial charge in [-0.25, -0.2) is 12.7 Å². The van der Waals surface area contributed by atoms with E-state index in [2.05, 4.69) is 29.5 Å². The van der Waals surface area contributed by atoms with Gasteiger partial charge in [0.15, 0.2) is 5.96 Å². The molecule has 1 aliphatic heterocycles. The lowest BCUT2D eigenvalue weighted by atomic mass is 9.98. The highest BCUT2D eigenvalue weighted by Crippen LogP contribution is 2.19. The van der Waals surface area contributed by atoms with E-state index < -0.39 is 10.0 Å². The van der Waals surface area contributed by atoms with Gasteiger partial charge in [-0.1, -0.05) is 0 Å². The average Bonchev–Trinajstić information content (AvgIpc) is 2.35. The summed E-state index contributed by atoms with van der Waals surface area (Å²) in [6, 6.07) is 0.347. The summed E-state index contributed by atoms with van der Waals surface area (Å²) < 4.78 is 24.4. The van der Waals surface area contributed by atoms with Crippen LogP contribution in [0.25, 0.3) is 0 Å². The summed E-state index contributed by atoms with van der Waals surface area (Å²) >= 11 is 0. The molecule has 1 saturated heterocycles. The molecule has 0 radical (unpaired) electrons. The minimum absolute atomic E-state index is 0.347. The van der Waals surface area contributed by atoms with Crippen molar-refractivity contribution in [2.45, 2.75) is 39.7 Å². The van der Waals surface area contributed by atoms with Crippen LogP contribution in [0.4, 0.5) is 0 Å². The van der Waals surface area contributed by atoms with Gasteiger partial charge in [-0.3, -0.25) is 4.99 Å². The van der Waals surface area contributed by atoms with E-state index in [0.29, 0.717) is 25.0 Å². The molecular weight excluding hydrogens is 276 g/mol. The molecule has 0 aromatic carbocycles. The molecule has 0 aromatic heterocycles. The zero-order chi connectivity index (χ0) is 15.2. The largest absolute Gasteiger partial charge is 0.357 e. The summed E-state index contributed by atoms with van der Waals surface area (Å²) in [5, 5.41) is 6.51. The lowest BCUT2D eigenvalue weighted by Gasteiger charge is -2.29. The Kier molecular flexibility index (Phi) is 6.75. The molecular formula is C13H28N4O2S. The Morgan fingerprint density at radius 1 is 1.35 bits per heavy atom. The summed E-state index contributed by atoms with van der Waals surface area (Å²) in [5.74, 6) is 1.31. The molecule has 118 valence electrons. The maximum Gasteiger partial charge on any atom is 0.211 e. The standard InChI is InChI=1S/C13H28N4O2S/c1-5-14-13(16-11(2)3)15-10-12-6-8-17(9-7-12)20(4,18)19/h11-12H,5-10H2,1-4H3,(H2,14,15,16). The molecule has 20 heavy (non-hydrogen) atoms. The van der Waals surface area contributed by atoms with Gasteiger partial charge < -0.3 is 10.6 Å². The summed E-state index contributed by atoms with van der Waals surface area (Å²) in [6.07, 6.45) is 3.05. The van der Waals surface area contributed by atoms with Crippen molar-refractivity contribution in [3.63, 3.8) is 0 Å². The zero-order valence-electron chi connectivity index (χ0n) is 13.0. The molecule has 2 N–H and O–H groups in total. The average molecular weight is 304 g/mol. The number of aliphatic imine (C=N–C) groups is 1. The number of rotatable bonds is 5. The van der Waals surface area contributed by atoms with Gasteiger partial charge in [-0.2, -0.15) is 0 Å². The maximum absolute atomic E-state index is 11.4. The van der Waals surface area contributed by atoms with E-state index in [0.717, 1.165) is 31.9 Å². The number of piperidine rings is 1. The first-order valence-electron chi connectivity index (χ1n) is 7.33. The first-order valence-corrected chi connectivity index (χ1v) is 9.17. The van der Waals surface area contributed by atoms with Crippen LogP contribution >= 0.6 is 0 Å². The summed E-state index contributed by atoms with van der Waals surface area (Å²) in [6.45, 7) is 9.03. The second-order valence-corrected chi connectivity index (χ2v) is 7.61. The van der Waals surface area contributed by atoms with Crippen LogP contribution in [-0.2, 0) is 10.0 Å². The van der Waals surface area contributed by atoms with Crippen molar-refractivity contribution >= 4 is 16.0 Å². The Morgan fingerprint density at radius 3 is 2.40 bits per heavy atom. The van der Waals surface area contributed by atoms with E-state index in [1.807, 2.05) is 6.92 Å². The highest BCUT2D eigenvalue weighted by atomic mass is 32.2. The molecule has 7 heteroatoms. The molecule has 0 aliphatic carbocycles. The van der Waals surface area contributed by atoms with Gasteiger partial charge in [0.1, 0.15) is 0 Å². The number of nitrogens with one attached hydrogen (secondary N) is 2. The Balaban J connectivity index is 2.45. The van der Waals surface area contributed by atoms with E-state index in [4.69, 9.17) is 0 Å². The van der Waals surface area contributed by atoms with E-state index >= 15 is 0 Å². The van der Waals surface area contributed by atoms with Crippen molar-refractivity contribution in [1.82, 2.24) is 14.9 Å². The highest BCUT2D eigenvalue weighted by Gasteiger charge is 2.24. The van der Waals surface area contributed by atoms with Gasteiger partial charge in [0.05, 0.1) is 6.26 Å². The van der Waals surface area contributed by atoms with Crippen LogP contribution in [-0.4, -0.2) is 57.2 Å². The van der Waals surface area contributed by atoms with Crippen molar-refractivity contribution in [1.29, 1.82) is 0 Å². The third-order valence-electron chi connectivity index (χ3n) is 3.32. The minimum atomic E-state index is -3.03. The first kappa shape index (κ1) is 17.2. The third kappa shape index (κ3) is 6.09. The van der Waals surface area contributed by atoms with Crippen molar-refractivity contribution < 1.29 is 8.42 Å². The molecule has 0 unspecified atom stereocenters. The van der Waals surface area contributed by atoms with Gasteiger partial charge in [0.2, 0.25) is 10.0 Å². The number of sulfonamides is 1. The predicted octanol–water partition coefficient (Wildman–Crippen LogP) is 0.622. The lowest BCUT2D eigenvalue weighted by molar-refractivity contribution is 0.280. The Bertz CT molecular complexity index is 412. The molecule has 1 heterocycles. The fourth-order valence-corrected chi connectivity index (χ4v) is 3.11. The van der Waals surface area contributed by atoms with Crippen LogP contribution in [0.3, 0.4) is 0 Å². The molecule has 0 saturated carbocycles. The van der Waals surface area contributed by atoms with Gasteiger partial charge in [0, 0.05) is 32.2 Å². The molecule has 6 nitrogen and oxygen atoms in total. The molecule has 0 bridgehead atoms. The molecule has 1 rings (SSSR count). The van der Waals surface area contributed by atoms with Gasteiger partial charge >= 0.3 is 0 Å². The van der Waals surface area contributed by atoms with Crippen molar-refractivity contribution in [2.24, 2.45) is 10.9 Å². The molecule has 0 amide bonds. The minimum Gasteiger partial charge on any atom is -0.357 e. The van der Waals surface area contributed by atoms with E-state index in [1.165, 1.54) is 6.26 Å². The maximum atomic E-state index is 11.4.